The summed E-state index contributed by atoms with van der Waals surface area (Å²) in [4.78, 5) is 12.1. The summed E-state index contributed by atoms with van der Waals surface area (Å²) in [6, 6.07) is 0. The lowest BCUT2D eigenvalue weighted by Gasteiger charge is -2.32. The predicted molar refractivity (Wildman–Crippen MR) is 85.5 cm³/mol. The van der Waals surface area contributed by atoms with Crippen LogP contribution >= 0.6 is 11.3 Å². The minimum absolute atomic E-state index is 0.0951. The molecule has 0 aromatic carbocycles. The summed E-state index contributed by atoms with van der Waals surface area (Å²) < 4.78 is 32.1. The molecule has 1 aliphatic rings. The molecule has 0 amide bonds. The quantitative estimate of drug-likeness (QED) is 0.818. The van der Waals surface area contributed by atoms with Gasteiger partial charge in [0.05, 0.1) is 7.11 Å². The molecule has 2 N–H and O–H groups in total. The van der Waals surface area contributed by atoms with Crippen molar-refractivity contribution in [1.29, 1.82) is 0 Å². The van der Waals surface area contributed by atoms with Gasteiger partial charge in [-0.05, 0) is 49.6 Å². The van der Waals surface area contributed by atoms with Gasteiger partial charge >= 0.3 is 5.97 Å². The number of carbonyl (C=O) groups excluding carboxylic acids is 1. The molecule has 1 fully saturated rings. The average molecular weight is 346 g/mol. The fraction of sp³-hybridized carbons (Fsp3) is 0.643. The number of carbonyl (C=O) groups is 1. The van der Waals surface area contributed by atoms with Crippen LogP contribution in [-0.4, -0.2) is 45.4 Å². The molecule has 0 bridgehead atoms. The number of nitrogens with two attached hydrogens (primary N) is 1. The Morgan fingerprint density at radius 3 is 2.91 bits per heavy atom. The highest BCUT2D eigenvalue weighted by Crippen LogP contribution is 2.32. The van der Waals surface area contributed by atoms with Crippen LogP contribution in [0.5, 0.6) is 0 Å². The van der Waals surface area contributed by atoms with Crippen molar-refractivity contribution in [2.24, 2.45) is 11.7 Å². The van der Waals surface area contributed by atoms with E-state index in [1.54, 1.807) is 12.3 Å². The van der Waals surface area contributed by atoms with E-state index in [0.717, 1.165) is 30.6 Å². The summed E-state index contributed by atoms with van der Waals surface area (Å²) in [7, 11) is -2.43. The molecular formula is C14H22N2O4S2. The molecule has 2 rings (SSSR count). The first-order valence-corrected chi connectivity index (χ1v) is 9.60. The maximum atomic E-state index is 13.0. The molecule has 22 heavy (non-hydrogen) atoms. The Morgan fingerprint density at radius 2 is 2.27 bits per heavy atom. The standard InChI is InChI=1S/C14H22N2O4S2/c1-10-9-21-12(14(17)20-2)13(10)22(18,19)16-7-3-4-11(8-16)5-6-15/h9,11H,3-8,15H2,1-2H3. The first-order valence-electron chi connectivity index (χ1n) is 7.28. The second-order valence-corrected chi connectivity index (χ2v) is 8.27. The van der Waals surface area contributed by atoms with Crippen LogP contribution < -0.4 is 5.73 Å². The fourth-order valence-corrected chi connectivity index (χ4v) is 6.05. The van der Waals surface area contributed by atoms with Gasteiger partial charge < -0.3 is 10.5 Å². The number of ether oxygens (including phenoxy) is 1. The van der Waals surface area contributed by atoms with E-state index in [4.69, 9.17) is 10.5 Å². The van der Waals surface area contributed by atoms with Gasteiger partial charge in [-0.3, -0.25) is 0 Å². The van der Waals surface area contributed by atoms with E-state index in [0.29, 0.717) is 25.2 Å². The molecule has 124 valence electrons. The number of aryl methyl sites for hydroxylation is 1. The smallest absolute Gasteiger partial charge is 0.349 e. The minimum atomic E-state index is -3.68. The Kier molecular flexibility index (Phi) is 5.60. The van der Waals surface area contributed by atoms with Gasteiger partial charge in [0.2, 0.25) is 10.0 Å². The highest BCUT2D eigenvalue weighted by Gasteiger charge is 2.35. The van der Waals surface area contributed by atoms with E-state index in [2.05, 4.69) is 0 Å². The van der Waals surface area contributed by atoms with Crippen LogP contribution in [0.4, 0.5) is 0 Å². The molecule has 1 saturated heterocycles. The zero-order chi connectivity index (χ0) is 16.3. The monoisotopic (exact) mass is 346 g/mol. The summed E-state index contributed by atoms with van der Waals surface area (Å²) in [6.07, 6.45) is 2.63. The molecule has 1 aromatic heterocycles. The van der Waals surface area contributed by atoms with Crippen molar-refractivity contribution in [3.63, 3.8) is 0 Å². The highest BCUT2D eigenvalue weighted by molar-refractivity contribution is 7.89. The van der Waals surface area contributed by atoms with Crippen LogP contribution in [0, 0.1) is 12.8 Å². The van der Waals surface area contributed by atoms with Gasteiger partial charge in [0.15, 0.2) is 0 Å². The van der Waals surface area contributed by atoms with Crippen molar-refractivity contribution < 1.29 is 17.9 Å². The van der Waals surface area contributed by atoms with E-state index >= 15 is 0 Å². The van der Waals surface area contributed by atoms with Crippen molar-refractivity contribution in [3.8, 4) is 0 Å². The number of rotatable bonds is 5. The van der Waals surface area contributed by atoms with E-state index in [1.807, 2.05) is 0 Å². The number of piperidine rings is 1. The largest absolute Gasteiger partial charge is 0.465 e. The molecule has 6 nitrogen and oxygen atoms in total. The Balaban J connectivity index is 2.34. The summed E-state index contributed by atoms with van der Waals surface area (Å²) in [5.74, 6) is -0.318. The molecule has 1 atom stereocenters. The molecule has 1 aromatic rings. The van der Waals surface area contributed by atoms with Crippen molar-refractivity contribution in [3.05, 3.63) is 15.8 Å². The Morgan fingerprint density at radius 1 is 1.55 bits per heavy atom. The number of hydrogen-bond acceptors (Lipinski definition) is 6. The lowest BCUT2D eigenvalue weighted by Crippen LogP contribution is -2.40. The number of nitrogens with zero attached hydrogens (tertiary/aromatic N) is 1. The van der Waals surface area contributed by atoms with Gasteiger partial charge in [0, 0.05) is 13.1 Å². The lowest BCUT2D eigenvalue weighted by molar-refractivity contribution is 0.0602. The number of thiophene rings is 1. The molecule has 0 radical (unpaired) electrons. The van der Waals surface area contributed by atoms with E-state index in [1.165, 1.54) is 11.4 Å². The molecule has 0 aliphatic carbocycles. The molecule has 0 spiro atoms. The normalized spacial score (nSPS) is 20.0. The minimum Gasteiger partial charge on any atom is -0.465 e. The predicted octanol–water partition coefficient (Wildman–Crippen LogP) is 1.59. The molecule has 1 aliphatic heterocycles. The van der Waals surface area contributed by atoms with Gasteiger partial charge in [0.25, 0.3) is 0 Å². The summed E-state index contributed by atoms with van der Waals surface area (Å²) >= 11 is 1.11. The SMILES string of the molecule is COC(=O)c1scc(C)c1S(=O)(=O)N1CCCC(CCN)C1. The third kappa shape index (κ3) is 3.34. The second-order valence-electron chi connectivity index (χ2n) is 5.52. The number of esters is 1. The van der Waals surface area contributed by atoms with Crippen molar-refractivity contribution in [2.75, 3.05) is 26.7 Å². The average Bonchev–Trinajstić information content (AvgIpc) is 2.89. The van der Waals surface area contributed by atoms with Gasteiger partial charge in [0.1, 0.15) is 9.77 Å². The summed E-state index contributed by atoms with van der Waals surface area (Å²) in [5, 5.41) is 1.68. The fourth-order valence-electron chi connectivity index (χ4n) is 2.83. The first kappa shape index (κ1) is 17.4. The van der Waals surface area contributed by atoms with Crippen LogP contribution in [0.15, 0.2) is 10.3 Å². The van der Waals surface area contributed by atoms with Gasteiger partial charge in [-0.15, -0.1) is 11.3 Å². The van der Waals surface area contributed by atoms with E-state index in [-0.39, 0.29) is 15.7 Å². The topological polar surface area (TPSA) is 89.7 Å². The van der Waals surface area contributed by atoms with E-state index < -0.39 is 16.0 Å². The van der Waals surface area contributed by atoms with E-state index in [9.17, 15) is 13.2 Å². The van der Waals surface area contributed by atoms with Crippen LogP contribution in [0.3, 0.4) is 0 Å². The van der Waals surface area contributed by atoms with Gasteiger partial charge in [-0.2, -0.15) is 4.31 Å². The van der Waals surface area contributed by atoms with Crippen molar-refractivity contribution in [1.82, 2.24) is 4.31 Å². The number of methoxy groups -OCH3 is 1. The molecule has 8 heteroatoms. The summed E-state index contributed by atoms with van der Waals surface area (Å²) in [5.41, 5.74) is 6.18. The molecular weight excluding hydrogens is 324 g/mol. The van der Waals surface area contributed by atoms with Crippen LogP contribution in [0.25, 0.3) is 0 Å². The van der Waals surface area contributed by atoms with Gasteiger partial charge in [-0.25, -0.2) is 13.2 Å². The Hall–Kier alpha value is -0.960. The third-order valence-electron chi connectivity index (χ3n) is 3.94. The van der Waals surface area contributed by atoms with Crippen molar-refractivity contribution >= 4 is 27.3 Å². The second kappa shape index (κ2) is 7.08. The van der Waals surface area contributed by atoms with Gasteiger partial charge in [-0.1, -0.05) is 0 Å². The highest BCUT2D eigenvalue weighted by atomic mass is 32.2. The molecule has 0 saturated carbocycles. The maximum absolute atomic E-state index is 13.0. The molecule has 2 heterocycles. The number of sulfonamides is 1. The van der Waals surface area contributed by atoms with Crippen LogP contribution in [0.2, 0.25) is 0 Å². The summed E-state index contributed by atoms with van der Waals surface area (Å²) in [6.45, 7) is 3.22. The first-order chi connectivity index (χ1) is 10.4. The Bertz CT molecular complexity index is 637. The number of hydrogen-bond donors (Lipinski definition) is 1. The Labute approximate surface area is 135 Å². The van der Waals surface area contributed by atoms with Crippen molar-refractivity contribution in [2.45, 2.75) is 31.1 Å². The zero-order valence-electron chi connectivity index (χ0n) is 12.9. The van der Waals surface area contributed by atoms with Crippen LogP contribution in [0.1, 0.15) is 34.5 Å². The molecule has 1 unspecified atom stereocenters. The lowest BCUT2D eigenvalue weighted by atomic mass is 9.96. The zero-order valence-corrected chi connectivity index (χ0v) is 14.5. The maximum Gasteiger partial charge on any atom is 0.349 e. The third-order valence-corrected chi connectivity index (χ3v) is 7.20. The van der Waals surface area contributed by atoms with Crippen LogP contribution in [-0.2, 0) is 14.8 Å².